The van der Waals surface area contributed by atoms with Gasteiger partial charge in [-0.15, -0.1) is 0 Å². The first-order chi connectivity index (χ1) is 10.2. The molecule has 0 rings (SSSR count). The first kappa shape index (κ1) is 20.0. The number of carboxylic acids is 1. The molecule has 3 N–H and O–H groups in total. The molecule has 0 aromatic heterocycles. The summed E-state index contributed by atoms with van der Waals surface area (Å²) in [7, 11) is 0. The molecule has 0 aliphatic carbocycles. The van der Waals surface area contributed by atoms with Crippen molar-refractivity contribution in [2.75, 3.05) is 0 Å². The largest absolute Gasteiger partial charge is 0.481 e. The molecule has 124 valence electrons. The summed E-state index contributed by atoms with van der Waals surface area (Å²) in [6.07, 6.45) is 17.8. The van der Waals surface area contributed by atoms with E-state index in [2.05, 4.69) is 13.0 Å². The molecule has 0 saturated carbocycles. The summed E-state index contributed by atoms with van der Waals surface area (Å²) >= 11 is 0. The molecular formula is C18H35NO2. The monoisotopic (exact) mass is 297 g/mol. The van der Waals surface area contributed by atoms with Crippen molar-refractivity contribution < 1.29 is 9.90 Å². The molecule has 0 aromatic carbocycles. The van der Waals surface area contributed by atoms with E-state index in [4.69, 9.17) is 10.8 Å². The number of rotatable bonds is 15. The van der Waals surface area contributed by atoms with E-state index in [0.717, 1.165) is 37.8 Å². The highest BCUT2D eigenvalue weighted by atomic mass is 16.4. The van der Waals surface area contributed by atoms with Gasteiger partial charge in [-0.2, -0.15) is 0 Å². The van der Waals surface area contributed by atoms with Gasteiger partial charge in [0, 0.05) is 12.1 Å². The van der Waals surface area contributed by atoms with Crippen molar-refractivity contribution in [3.05, 3.63) is 11.8 Å². The van der Waals surface area contributed by atoms with Crippen LogP contribution in [0.15, 0.2) is 11.8 Å². The summed E-state index contributed by atoms with van der Waals surface area (Å²) in [5.41, 5.74) is 7.06. The lowest BCUT2D eigenvalue weighted by atomic mass is 10.1. The Morgan fingerprint density at radius 2 is 1.38 bits per heavy atom. The maximum atomic E-state index is 10.3. The van der Waals surface area contributed by atoms with Gasteiger partial charge in [-0.05, 0) is 32.1 Å². The van der Waals surface area contributed by atoms with Gasteiger partial charge in [0.25, 0.3) is 0 Å². The molecule has 0 aliphatic rings. The summed E-state index contributed by atoms with van der Waals surface area (Å²) in [6.45, 7) is 2.24. The van der Waals surface area contributed by atoms with E-state index in [1.165, 1.54) is 51.4 Å². The van der Waals surface area contributed by atoms with Gasteiger partial charge in [-0.3, -0.25) is 4.79 Å². The SMILES string of the molecule is CCCCCCCCC(N)=CCCCCCCCC(=O)O. The number of carboxylic acid groups (broad SMARTS) is 1. The van der Waals surface area contributed by atoms with E-state index in [9.17, 15) is 4.79 Å². The van der Waals surface area contributed by atoms with Crippen LogP contribution < -0.4 is 5.73 Å². The molecule has 0 aromatic rings. The second kappa shape index (κ2) is 15.4. The zero-order valence-electron chi connectivity index (χ0n) is 13.9. The molecule has 0 amide bonds. The van der Waals surface area contributed by atoms with Crippen molar-refractivity contribution >= 4 is 5.97 Å². The van der Waals surface area contributed by atoms with Gasteiger partial charge in [0.15, 0.2) is 0 Å². The molecule has 0 bridgehead atoms. The second-order valence-electron chi connectivity index (χ2n) is 6.00. The lowest BCUT2D eigenvalue weighted by molar-refractivity contribution is -0.137. The number of hydrogen-bond donors (Lipinski definition) is 2. The minimum Gasteiger partial charge on any atom is -0.481 e. The molecule has 0 spiro atoms. The third kappa shape index (κ3) is 17.0. The van der Waals surface area contributed by atoms with Gasteiger partial charge in [0.1, 0.15) is 0 Å². The predicted molar refractivity (Wildman–Crippen MR) is 90.2 cm³/mol. The zero-order valence-corrected chi connectivity index (χ0v) is 13.9. The number of nitrogens with two attached hydrogens (primary N) is 1. The lowest BCUT2D eigenvalue weighted by Crippen LogP contribution is -1.97. The van der Waals surface area contributed by atoms with Crippen LogP contribution in [0.2, 0.25) is 0 Å². The highest BCUT2D eigenvalue weighted by Crippen LogP contribution is 2.11. The van der Waals surface area contributed by atoms with Crippen LogP contribution in [-0.4, -0.2) is 11.1 Å². The van der Waals surface area contributed by atoms with Crippen LogP contribution in [0.1, 0.15) is 96.8 Å². The average molecular weight is 297 g/mol. The number of aliphatic carboxylic acids is 1. The summed E-state index contributed by atoms with van der Waals surface area (Å²) in [5.74, 6) is -0.680. The summed E-state index contributed by atoms with van der Waals surface area (Å²) < 4.78 is 0. The van der Waals surface area contributed by atoms with Crippen LogP contribution in [0.3, 0.4) is 0 Å². The molecule has 0 heterocycles. The molecule has 0 unspecified atom stereocenters. The van der Waals surface area contributed by atoms with Gasteiger partial charge in [-0.1, -0.05) is 64.4 Å². The minimum absolute atomic E-state index is 0.311. The Hall–Kier alpha value is -0.990. The lowest BCUT2D eigenvalue weighted by Gasteiger charge is -2.03. The van der Waals surface area contributed by atoms with Crippen molar-refractivity contribution in [1.29, 1.82) is 0 Å². The average Bonchev–Trinajstić information content (AvgIpc) is 2.45. The van der Waals surface area contributed by atoms with Gasteiger partial charge in [0.2, 0.25) is 0 Å². The maximum Gasteiger partial charge on any atom is 0.303 e. The first-order valence-corrected chi connectivity index (χ1v) is 8.83. The fraction of sp³-hybridized carbons (Fsp3) is 0.833. The van der Waals surface area contributed by atoms with E-state index in [0.29, 0.717) is 6.42 Å². The van der Waals surface area contributed by atoms with Crippen LogP contribution in [0.25, 0.3) is 0 Å². The Balaban J connectivity index is 3.29. The fourth-order valence-electron chi connectivity index (χ4n) is 2.45. The third-order valence-electron chi connectivity index (χ3n) is 3.82. The third-order valence-corrected chi connectivity index (χ3v) is 3.82. The first-order valence-electron chi connectivity index (χ1n) is 8.83. The van der Waals surface area contributed by atoms with Gasteiger partial charge < -0.3 is 10.8 Å². The number of unbranched alkanes of at least 4 members (excludes halogenated alkanes) is 10. The Labute approximate surface area is 131 Å². The van der Waals surface area contributed by atoms with Crippen molar-refractivity contribution in [1.82, 2.24) is 0 Å². The standard InChI is InChI=1S/C18H35NO2/c1-2-3-4-5-8-11-14-17(19)15-12-9-6-7-10-13-16-18(20)21/h15H,2-14,16,19H2,1H3,(H,20,21). The summed E-state index contributed by atoms with van der Waals surface area (Å²) in [5, 5.41) is 8.52. The Kier molecular flexibility index (Phi) is 14.7. The maximum absolute atomic E-state index is 10.3. The second-order valence-corrected chi connectivity index (χ2v) is 6.00. The van der Waals surface area contributed by atoms with Crippen molar-refractivity contribution in [2.45, 2.75) is 96.8 Å². The van der Waals surface area contributed by atoms with E-state index in [1.807, 2.05) is 0 Å². The number of allylic oxidation sites excluding steroid dienone is 2. The van der Waals surface area contributed by atoms with Crippen molar-refractivity contribution in [3.63, 3.8) is 0 Å². The van der Waals surface area contributed by atoms with Gasteiger partial charge in [0.05, 0.1) is 0 Å². The Bertz CT molecular complexity index is 274. The number of carbonyl (C=O) groups is 1. The zero-order chi connectivity index (χ0) is 15.8. The van der Waals surface area contributed by atoms with E-state index >= 15 is 0 Å². The quantitative estimate of drug-likeness (QED) is 0.398. The molecule has 0 saturated heterocycles. The Morgan fingerprint density at radius 3 is 2.00 bits per heavy atom. The summed E-state index contributed by atoms with van der Waals surface area (Å²) in [6, 6.07) is 0. The van der Waals surface area contributed by atoms with Crippen LogP contribution in [0.5, 0.6) is 0 Å². The van der Waals surface area contributed by atoms with Gasteiger partial charge in [-0.25, -0.2) is 0 Å². The van der Waals surface area contributed by atoms with Crippen LogP contribution in [0.4, 0.5) is 0 Å². The normalized spacial score (nSPS) is 11.8. The molecule has 0 fully saturated rings. The van der Waals surface area contributed by atoms with Crippen LogP contribution >= 0.6 is 0 Å². The van der Waals surface area contributed by atoms with E-state index in [1.54, 1.807) is 0 Å². The number of hydrogen-bond acceptors (Lipinski definition) is 2. The van der Waals surface area contributed by atoms with E-state index < -0.39 is 5.97 Å². The Morgan fingerprint density at radius 1 is 0.857 bits per heavy atom. The topological polar surface area (TPSA) is 63.3 Å². The molecule has 0 atom stereocenters. The van der Waals surface area contributed by atoms with Crippen LogP contribution in [0, 0.1) is 0 Å². The van der Waals surface area contributed by atoms with Crippen molar-refractivity contribution in [3.8, 4) is 0 Å². The van der Waals surface area contributed by atoms with Crippen molar-refractivity contribution in [2.24, 2.45) is 5.73 Å². The highest BCUT2D eigenvalue weighted by Gasteiger charge is 1.97. The molecule has 0 radical (unpaired) electrons. The van der Waals surface area contributed by atoms with Crippen LogP contribution in [-0.2, 0) is 4.79 Å². The van der Waals surface area contributed by atoms with E-state index in [-0.39, 0.29) is 0 Å². The summed E-state index contributed by atoms with van der Waals surface area (Å²) in [4.78, 5) is 10.3. The molecular weight excluding hydrogens is 262 g/mol. The molecule has 3 heteroatoms. The smallest absolute Gasteiger partial charge is 0.303 e. The molecule has 21 heavy (non-hydrogen) atoms. The highest BCUT2D eigenvalue weighted by molar-refractivity contribution is 5.66. The fourth-order valence-corrected chi connectivity index (χ4v) is 2.45. The molecule has 0 aliphatic heterocycles. The molecule has 3 nitrogen and oxygen atoms in total. The van der Waals surface area contributed by atoms with Gasteiger partial charge >= 0.3 is 5.97 Å². The predicted octanol–water partition coefficient (Wildman–Crippen LogP) is 5.39. The minimum atomic E-state index is -0.680.